The molecule has 0 spiro atoms. The van der Waals surface area contributed by atoms with Gasteiger partial charge in [-0.05, 0) is 30.3 Å². The zero-order chi connectivity index (χ0) is 19.0. The van der Waals surface area contributed by atoms with Crippen LogP contribution in [0.5, 0.6) is 5.75 Å². The maximum atomic E-state index is 11.9. The smallest absolute Gasteiger partial charge is 0.270 e. The van der Waals surface area contributed by atoms with Gasteiger partial charge in [-0.25, -0.2) is 4.98 Å². The van der Waals surface area contributed by atoms with Gasteiger partial charge in [0, 0.05) is 18.1 Å². The van der Waals surface area contributed by atoms with Crippen molar-refractivity contribution in [3.8, 4) is 5.75 Å². The summed E-state index contributed by atoms with van der Waals surface area (Å²) in [6, 6.07) is 9.17. The van der Waals surface area contributed by atoms with Crippen LogP contribution in [-0.4, -0.2) is 30.9 Å². The Bertz CT molecular complexity index is 995. The van der Waals surface area contributed by atoms with Crippen LogP contribution in [0.15, 0.2) is 46.4 Å². The van der Waals surface area contributed by atoms with E-state index in [2.05, 4.69) is 15.6 Å². The highest BCUT2D eigenvalue weighted by atomic mass is 32.1. The van der Waals surface area contributed by atoms with Crippen molar-refractivity contribution in [3.63, 3.8) is 0 Å². The maximum Gasteiger partial charge on any atom is 0.270 e. The number of nitrogens with zero attached hydrogens (tertiary/aromatic N) is 2. The average Bonchev–Trinajstić information content (AvgIpc) is 3.37. The number of amidine groups is 1. The number of aromatic nitrogens is 1. The first-order valence-electron chi connectivity index (χ1n) is 8.16. The standard InChI is InChI=1S/C18H17N5O3S/c1-20-16(24)13-9-27-18(21-13)15-22-17-12(7-8-26-17)14(19)23(15)10-3-5-11(25-2)6-4-10/h3-9,15,19,22H,1-2H3,(H,20,24). The number of ether oxygens (including phenoxy) is 1. The first-order chi connectivity index (χ1) is 13.1. The topological polar surface area (TPSA) is 103 Å². The number of methoxy groups -OCH3 is 1. The Morgan fingerprint density at radius 2 is 2.15 bits per heavy atom. The van der Waals surface area contributed by atoms with E-state index < -0.39 is 6.17 Å². The number of carbonyl (C=O) groups is 1. The molecule has 1 amide bonds. The van der Waals surface area contributed by atoms with Gasteiger partial charge in [0.1, 0.15) is 22.3 Å². The normalized spacial score (nSPS) is 15.9. The van der Waals surface area contributed by atoms with Gasteiger partial charge in [-0.15, -0.1) is 11.3 Å². The Balaban J connectivity index is 1.77. The van der Waals surface area contributed by atoms with E-state index in [4.69, 9.17) is 14.6 Å². The lowest BCUT2D eigenvalue weighted by Crippen LogP contribution is -2.42. The van der Waals surface area contributed by atoms with Crippen molar-refractivity contribution < 1.29 is 13.9 Å². The fraction of sp³-hybridized carbons (Fsp3) is 0.167. The third-order valence-corrected chi connectivity index (χ3v) is 5.15. The summed E-state index contributed by atoms with van der Waals surface area (Å²) in [5, 5.41) is 16.9. The van der Waals surface area contributed by atoms with E-state index in [1.54, 1.807) is 31.9 Å². The minimum absolute atomic E-state index is 0.252. The van der Waals surface area contributed by atoms with Crippen LogP contribution in [0.1, 0.15) is 27.2 Å². The van der Waals surface area contributed by atoms with Crippen molar-refractivity contribution in [2.24, 2.45) is 0 Å². The number of rotatable bonds is 4. The largest absolute Gasteiger partial charge is 0.497 e. The molecule has 1 aliphatic rings. The fourth-order valence-corrected chi connectivity index (χ4v) is 3.73. The van der Waals surface area contributed by atoms with E-state index in [1.807, 2.05) is 29.2 Å². The van der Waals surface area contributed by atoms with Crippen molar-refractivity contribution in [1.29, 1.82) is 5.41 Å². The molecule has 4 rings (SSSR count). The van der Waals surface area contributed by atoms with Crippen LogP contribution in [0, 0.1) is 5.41 Å². The molecule has 1 aromatic carbocycles. The highest BCUT2D eigenvalue weighted by Crippen LogP contribution is 2.38. The molecule has 8 nitrogen and oxygen atoms in total. The van der Waals surface area contributed by atoms with Gasteiger partial charge in [0.2, 0.25) is 5.88 Å². The van der Waals surface area contributed by atoms with Gasteiger partial charge in [-0.2, -0.15) is 0 Å². The summed E-state index contributed by atoms with van der Waals surface area (Å²) in [4.78, 5) is 18.1. The molecule has 0 fully saturated rings. The predicted octanol–water partition coefficient (Wildman–Crippen LogP) is 3.06. The van der Waals surface area contributed by atoms with Crippen LogP contribution in [0.25, 0.3) is 0 Å². The van der Waals surface area contributed by atoms with Gasteiger partial charge >= 0.3 is 0 Å². The second-order valence-corrected chi connectivity index (χ2v) is 6.67. The molecule has 9 heteroatoms. The Labute approximate surface area is 159 Å². The molecule has 0 saturated heterocycles. The van der Waals surface area contributed by atoms with E-state index in [1.165, 1.54) is 11.3 Å². The van der Waals surface area contributed by atoms with E-state index >= 15 is 0 Å². The van der Waals surface area contributed by atoms with Crippen LogP contribution in [0.4, 0.5) is 11.6 Å². The highest BCUT2D eigenvalue weighted by Gasteiger charge is 2.35. The van der Waals surface area contributed by atoms with Crippen LogP contribution >= 0.6 is 11.3 Å². The van der Waals surface area contributed by atoms with Crippen molar-refractivity contribution in [2.75, 3.05) is 24.4 Å². The Kier molecular flexibility index (Phi) is 4.28. The molecular weight excluding hydrogens is 366 g/mol. The van der Waals surface area contributed by atoms with Crippen LogP contribution < -0.4 is 20.3 Å². The van der Waals surface area contributed by atoms with Crippen LogP contribution in [0.2, 0.25) is 0 Å². The van der Waals surface area contributed by atoms with Crippen molar-refractivity contribution in [3.05, 3.63) is 58.2 Å². The third kappa shape index (κ3) is 2.91. The summed E-state index contributed by atoms with van der Waals surface area (Å²) in [6.45, 7) is 0. The lowest BCUT2D eigenvalue weighted by atomic mass is 10.1. The lowest BCUT2D eigenvalue weighted by molar-refractivity contribution is 0.0958. The number of benzene rings is 1. The number of nitrogens with one attached hydrogen (secondary N) is 3. The first kappa shape index (κ1) is 17.1. The number of furan rings is 1. The lowest BCUT2D eigenvalue weighted by Gasteiger charge is -2.36. The zero-order valence-electron chi connectivity index (χ0n) is 14.6. The SMILES string of the molecule is CNC(=O)c1csc(C2Nc3occc3C(=N)N2c2ccc(OC)cc2)n1. The third-order valence-electron chi connectivity index (χ3n) is 4.25. The number of hydrogen-bond donors (Lipinski definition) is 3. The van der Waals surface area contributed by atoms with Gasteiger partial charge in [-0.3, -0.25) is 15.1 Å². The summed E-state index contributed by atoms with van der Waals surface area (Å²) < 4.78 is 10.7. The molecular formula is C18H17N5O3S. The number of anilines is 2. The molecule has 3 N–H and O–H groups in total. The van der Waals surface area contributed by atoms with Gasteiger partial charge < -0.3 is 19.8 Å². The highest BCUT2D eigenvalue weighted by molar-refractivity contribution is 7.10. The number of hydrogen-bond acceptors (Lipinski definition) is 7. The first-order valence-corrected chi connectivity index (χ1v) is 9.04. The number of amides is 1. The minimum Gasteiger partial charge on any atom is -0.497 e. The summed E-state index contributed by atoms with van der Waals surface area (Å²) >= 11 is 1.35. The molecule has 0 aliphatic carbocycles. The van der Waals surface area contributed by atoms with Crippen LogP contribution in [0.3, 0.4) is 0 Å². The molecule has 3 heterocycles. The number of fused-ring (bicyclic) bond motifs is 1. The number of thiazole rings is 1. The predicted molar refractivity (Wildman–Crippen MR) is 103 cm³/mol. The molecule has 0 radical (unpaired) electrons. The molecule has 0 saturated carbocycles. The van der Waals surface area contributed by atoms with E-state index in [9.17, 15) is 4.79 Å². The zero-order valence-corrected chi connectivity index (χ0v) is 15.5. The van der Waals surface area contributed by atoms with Gasteiger partial charge in [0.05, 0.1) is 18.9 Å². The molecule has 138 valence electrons. The molecule has 1 unspecified atom stereocenters. The van der Waals surface area contributed by atoms with E-state index in [-0.39, 0.29) is 11.7 Å². The van der Waals surface area contributed by atoms with Crippen molar-refractivity contribution in [1.82, 2.24) is 10.3 Å². The van der Waals surface area contributed by atoms with Crippen molar-refractivity contribution in [2.45, 2.75) is 6.17 Å². The number of carbonyl (C=O) groups excluding carboxylic acids is 1. The maximum absolute atomic E-state index is 11.9. The van der Waals surface area contributed by atoms with E-state index in [0.29, 0.717) is 22.1 Å². The fourth-order valence-electron chi connectivity index (χ4n) is 2.89. The van der Waals surface area contributed by atoms with Gasteiger partial charge in [0.15, 0.2) is 6.17 Å². The summed E-state index contributed by atoms with van der Waals surface area (Å²) in [6.07, 6.45) is 1.06. The van der Waals surface area contributed by atoms with E-state index in [0.717, 1.165) is 11.4 Å². The molecule has 0 bridgehead atoms. The Morgan fingerprint density at radius 1 is 1.37 bits per heavy atom. The second-order valence-electron chi connectivity index (χ2n) is 5.78. The summed E-state index contributed by atoms with van der Waals surface area (Å²) in [7, 11) is 3.17. The Hall–Kier alpha value is -3.33. The molecule has 2 aromatic heterocycles. The summed E-state index contributed by atoms with van der Waals surface area (Å²) in [5.41, 5.74) is 1.79. The molecule has 3 aromatic rings. The van der Waals surface area contributed by atoms with Crippen LogP contribution in [-0.2, 0) is 0 Å². The quantitative estimate of drug-likeness (QED) is 0.640. The van der Waals surface area contributed by atoms with Gasteiger partial charge in [-0.1, -0.05) is 0 Å². The summed E-state index contributed by atoms with van der Waals surface area (Å²) in [5.74, 6) is 1.26. The molecule has 1 aliphatic heterocycles. The van der Waals surface area contributed by atoms with Crippen molar-refractivity contribution >= 4 is 34.7 Å². The van der Waals surface area contributed by atoms with Gasteiger partial charge in [0.25, 0.3) is 5.91 Å². The Morgan fingerprint density at radius 3 is 2.85 bits per heavy atom. The average molecular weight is 383 g/mol. The monoisotopic (exact) mass is 383 g/mol. The molecule has 1 atom stereocenters. The second kappa shape index (κ2) is 6.76. The minimum atomic E-state index is -0.479. The molecule has 27 heavy (non-hydrogen) atoms.